The molecular weight excluding hydrogens is 380 g/mol. The Hall–Kier alpha value is -3.03. The molecule has 8 nitrogen and oxygen atoms in total. The van der Waals surface area contributed by atoms with E-state index in [9.17, 15) is 14.4 Å². The van der Waals surface area contributed by atoms with E-state index in [4.69, 9.17) is 23.4 Å². The number of hydrogen-bond donors (Lipinski definition) is 0. The topological polar surface area (TPSA) is 101 Å². The van der Waals surface area contributed by atoms with E-state index in [-0.39, 0.29) is 30.3 Å². The minimum atomic E-state index is -0.660. The van der Waals surface area contributed by atoms with Crippen molar-refractivity contribution in [2.75, 3.05) is 13.2 Å². The van der Waals surface area contributed by atoms with Crippen molar-refractivity contribution >= 4 is 22.9 Å². The van der Waals surface area contributed by atoms with Crippen LogP contribution >= 0.6 is 0 Å². The summed E-state index contributed by atoms with van der Waals surface area (Å²) in [6, 6.07) is 5.79. The van der Waals surface area contributed by atoms with Gasteiger partial charge in [0.25, 0.3) is 0 Å². The molecule has 0 bridgehead atoms. The van der Waals surface area contributed by atoms with Gasteiger partial charge in [-0.2, -0.15) is 0 Å². The number of hydrogen-bond acceptors (Lipinski definition) is 8. The first kappa shape index (κ1) is 22.3. The molecule has 8 heteroatoms. The van der Waals surface area contributed by atoms with E-state index in [0.717, 1.165) is 0 Å². The summed E-state index contributed by atoms with van der Waals surface area (Å²) in [6.07, 6.45) is 0. The average Bonchev–Trinajstić information content (AvgIpc) is 2.54. The average molecular weight is 406 g/mol. The van der Waals surface area contributed by atoms with Gasteiger partial charge < -0.3 is 23.4 Å². The minimum Gasteiger partial charge on any atom is -0.478 e. The molecular formula is C21H26O8. The van der Waals surface area contributed by atoms with Crippen molar-refractivity contribution in [3.05, 3.63) is 34.7 Å². The van der Waals surface area contributed by atoms with Gasteiger partial charge in [-0.25, -0.2) is 14.4 Å². The third-order valence-electron chi connectivity index (χ3n) is 3.22. The molecule has 0 N–H and O–H groups in total. The molecule has 0 saturated heterocycles. The number of ether oxygens (including phenoxy) is 4. The molecule has 1 heterocycles. The van der Waals surface area contributed by atoms with Gasteiger partial charge in [0.2, 0.25) is 0 Å². The summed E-state index contributed by atoms with van der Waals surface area (Å²) in [5, 5.41) is 0.563. The first-order chi connectivity index (χ1) is 13.3. The zero-order chi connectivity index (χ0) is 21.8. The Labute approximate surface area is 168 Å². The molecule has 0 aliphatic heterocycles. The highest BCUT2D eigenvalue weighted by Gasteiger charge is 2.20. The second-order valence-electron chi connectivity index (χ2n) is 8.34. The minimum absolute atomic E-state index is 0.126. The van der Waals surface area contributed by atoms with Gasteiger partial charge in [0.15, 0.2) is 24.7 Å². The molecule has 0 saturated carbocycles. The van der Waals surface area contributed by atoms with E-state index >= 15 is 0 Å². The number of rotatable bonds is 6. The van der Waals surface area contributed by atoms with Crippen LogP contribution in [-0.2, 0) is 19.1 Å². The van der Waals surface area contributed by atoms with Gasteiger partial charge in [-0.3, -0.25) is 0 Å². The van der Waals surface area contributed by atoms with E-state index in [2.05, 4.69) is 0 Å². The predicted molar refractivity (Wildman–Crippen MR) is 105 cm³/mol. The lowest BCUT2D eigenvalue weighted by Gasteiger charge is -2.21. The van der Waals surface area contributed by atoms with Crippen LogP contribution < -0.4 is 15.1 Å². The quantitative estimate of drug-likeness (QED) is 0.532. The van der Waals surface area contributed by atoms with Gasteiger partial charge >= 0.3 is 17.6 Å². The molecule has 2 aromatic rings. The maximum atomic E-state index is 12.0. The fourth-order valence-corrected chi connectivity index (χ4v) is 2.32. The second-order valence-corrected chi connectivity index (χ2v) is 8.34. The fourth-order valence-electron chi connectivity index (χ4n) is 2.32. The van der Waals surface area contributed by atoms with Crippen molar-refractivity contribution in [2.24, 2.45) is 0 Å². The molecule has 1 aromatic carbocycles. The van der Waals surface area contributed by atoms with Crippen molar-refractivity contribution in [3.63, 3.8) is 0 Å². The van der Waals surface area contributed by atoms with Gasteiger partial charge in [-0.05, 0) is 53.7 Å². The maximum absolute atomic E-state index is 12.0. The summed E-state index contributed by atoms with van der Waals surface area (Å²) in [5.41, 5.74) is -1.59. The number of esters is 2. The van der Waals surface area contributed by atoms with Gasteiger partial charge in [-0.1, -0.05) is 0 Å². The summed E-state index contributed by atoms with van der Waals surface area (Å²) in [6.45, 7) is 9.72. The molecule has 1 aromatic heterocycles. The summed E-state index contributed by atoms with van der Waals surface area (Å²) in [4.78, 5) is 35.4. The van der Waals surface area contributed by atoms with Crippen LogP contribution in [0.3, 0.4) is 0 Å². The summed E-state index contributed by atoms with van der Waals surface area (Å²) >= 11 is 0. The van der Waals surface area contributed by atoms with Gasteiger partial charge in [0.1, 0.15) is 16.8 Å². The Bertz CT molecular complexity index is 944. The van der Waals surface area contributed by atoms with Crippen LogP contribution in [0.4, 0.5) is 0 Å². The van der Waals surface area contributed by atoms with E-state index < -0.39 is 28.8 Å². The van der Waals surface area contributed by atoms with Crippen LogP contribution in [0.15, 0.2) is 33.5 Å². The maximum Gasteiger partial charge on any atom is 0.344 e. The highest BCUT2D eigenvalue weighted by Crippen LogP contribution is 2.32. The van der Waals surface area contributed by atoms with Crippen LogP contribution in [0.2, 0.25) is 0 Å². The van der Waals surface area contributed by atoms with E-state index in [1.54, 1.807) is 53.7 Å². The molecule has 158 valence electrons. The molecule has 0 aliphatic carbocycles. The Balaban J connectivity index is 2.23. The Morgan fingerprint density at radius 3 is 1.79 bits per heavy atom. The normalized spacial score (nSPS) is 11.8. The summed E-state index contributed by atoms with van der Waals surface area (Å²) in [7, 11) is 0. The Morgan fingerprint density at radius 1 is 0.828 bits per heavy atom. The third-order valence-corrected chi connectivity index (χ3v) is 3.22. The van der Waals surface area contributed by atoms with E-state index in [1.807, 2.05) is 0 Å². The molecule has 0 unspecified atom stereocenters. The lowest BCUT2D eigenvalue weighted by molar-refractivity contribution is -0.158. The highest BCUT2D eigenvalue weighted by atomic mass is 16.6. The van der Waals surface area contributed by atoms with E-state index in [0.29, 0.717) is 5.39 Å². The smallest absolute Gasteiger partial charge is 0.344 e. The lowest BCUT2D eigenvalue weighted by atomic mass is 10.2. The van der Waals surface area contributed by atoms with Crippen LogP contribution in [0.25, 0.3) is 11.0 Å². The zero-order valence-electron chi connectivity index (χ0n) is 17.5. The van der Waals surface area contributed by atoms with E-state index in [1.165, 1.54) is 12.1 Å². The van der Waals surface area contributed by atoms with Crippen LogP contribution in [0.5, 0.6) is 11.5 Å². The first-order valence-electron chi connectivity index (χ1n) is 9.10. The molecule has 2 rings (SSSR count). The van der Waals surface area contributed by atoms with Crippen LogP contribution in [0.1, 0.15) is 41.5 Å². The fraction of sp³-hybridized carbons (Fsp3) is 0.476. The monoisotopic (exact) mass is 406 g/mol. The molecule has 29 heavy (non-hydrogen) atoms. The van der Waals surface area contributed by atoms with Gasteiger partial charge in [0.05, 0.1) is 0 Å². The largest absolute Gasteiger partial charge is 0.478 e. The molecule has 0 aliphatic rings. The Kier molecular flexibility index (Phi) is 6.56. The number of fused-ring (bicyclic) bond motifs is 1. The van der Waals surface area contributed by atoms with Crippen molar-refractivity contribution < 1.29 is 33.0 Å². The Morgan fingerprint density at radius 2 is 1.31 bits per heavy atom. The first-order valence-corrected chi connectivity index (χ1v) is 9.10. The van der Waals surface area contributed by atoms with Gasteiger partial charge in [0, 0.05) is 17.5 Å². The summed E-state index contributed by atoms with van der Waals surface area (Å²) < 4.78 is 26.6. The lowest BCUT2D eigenvalue weighted by Crippen LogP contribution is -2.28. The molecule has 0 fully saturated rings. The zero-order valence-corrected chi connectivity index (χ0v) is 17.5. The molecule has 0 amide bonds. The van der Waals surface area contributed by atoms with Crippen molar-refractivity contribution in [3.8, 4) is 11.5 Å². The van der Waals surface area contributed by atoms with Crippen molar-refractivity contribution in [2.45, 2.75) is 52.7 Å². The van der Waals surface area contributed by atoms with Crippen molar-refractivity contribution in [1.29, 1.82) is 0 Å². The van der Waals surface area contributed by atoms with Gasteiger partial charge in [-0.15, -0.1) is 0 Å². The highest BCUT2D eigenvalue weighted by molar-refractivity contribution is 5.81. The standard InChI is InChI=1S/C21H26O8/c1-20(2,3)28-18(23)11-25-15-9-13-7-8-17(22)27-14(13)10-16(15)26-12-19(24)29-21(4,5)6/h7-10H,11-12H2,1-6H3. The summed E-state index contributed by atoms with van der Waals surface area (Å²) in [5.74, 6) is -0.817. The molecule has 0 atom stereocenters. The number of carbonyl (C=O) groups is 2. The van der Waals surface area contributed by atoms with Crippen LogP contribution in [0, 0.1) is 0 Å². The number of carbonyl (C=O) groups excluding carboxylic acids is 2. The molecule has 0 radical (unpaired) electrons. The SMILES string of the molecule is CC(C)(C)OC(=O)COc1cc2ccc(=O)oc2cc1OCC(=O)OC(C)(C)C. The predicted octanol–water partition coefficient (Wildman–Crippen LogP) is 3.23. The molecule has 0 spiro atoms. The van der Waals surface area contributed by atoms with Crippen molar-refractivity contribution in [1.82, 2.24) is 0 Å². The second kappa shape index (κ2) is 8.55. The third kappa shape index (κ3) is 7.48. The number of benzene rings is 1. The van der Waals surface area contributed by atoms with Crippen LogP contribution in [-0.4, -0.2) is 36.4 Å².